The van der Waals surface area contributed by atoms with E-state index >= 15 is 0 Å². The van der Waals surface area contributed by atoms with Gasteiger partial charge in [-0.2, -0.15) is 0 Å². The summed E-state index contributed by atoms with van der Waals surface area (Å²) in [6.45, 7) is 2.48. The van der Waals surface area contributed by atoms with E-state index in [4.69, 9.17) is 0 Å². The molecule has 0 aliphatic heterocycles. The van der Waals surface area contributed by atoms with Crippen molar-refractivity contribution in [2.45, 2.75) is 24.2 Å². The lowest BCUT2D eigenvalue weighted by atomic mass is 9.97. The first-order valence-electron chi connectivity index (χ1n) is 6.73. The largest absolute Gasteiger partial charge is 0.240 e. The Morgan fingerprint density at radius 2 is 1.50 bits per heavy atom. The van der Waals surface area contributed by atoms with Gasteiger partial charge in [-0.25, -0.2) is 13.1 Å². The van der Waals surface area contributed by atoms with Crippen LogP contribution in [0.2, 0.25) is 0 Å². The second-order valence-electron chi connectivity index (χ2n) is 4.68. The van der Waals surface area contributed by atoms with Crippen molar-refractivity contribution >= 4 is 10.0 Å². The molecule has 0 saturated carbocycles. The summed E-state index contributed by atoms with van der Waals surface area (Å²) >= 11 is 0. The fourth-order valence-electron chi connectivity index (χ4n) is 2.12. The summed E-state index contributed by atoms with van der Waals surface area (Å²) < 4.78 is 27.0. The van der Waals surface area contributed by atoms with Crippen LogP contribution in [0.25, 0.3) is 0 Å². The van der Waals surface area contributed by atoms with Crippen LogP contribution >= 0.6 is 0 Å². The monoisotopic (exact) mass is 289 g/mol. The SMILES string of the molecule is CCC(CNS(=O)(=O)c1ccccc1)c1ccccc1. The second kappa shape index (κ2) is 6.68. The minimum Gasteiger partial charge on any atom is -0.211 e. The van der Waals surface area contributed by atoms with Gasteiger partial charge in [-0.05, 0) is 30.0 Å². The van der Waals surface area contributed by atoms with Gasteiger partial charge in [0.1, 0.15) is 0 Å². The van der Waals surface area contributed by atoms with E-state index in [9.17, 15) is 8.42 Å². The van der Waals surface area contributed by atoms with Crippen LogP contribution in [0.1, 0.15) is 24.8 Å². The van der Waals surface area contributed by atoms with Crippen LogP contribution in [0.15, 0.2) is 65.6 Å². The van der Waals surface area contributed by atoms with Crippen molar-refractivity contribution in [1.82, 2.24) is 4.72 Å². The summed E-state index contributed by atoms with van der Waals surface area (Å²) in [6.07, 6.45) is 0.890. The Morgan fingerprint density at radius 3 is 2.05 bits per heavy atom. The molecule has 0 aromatic heterocycles. The fraction of sp³-hybridized carbons (Fsp3) is 0.250. The fourth-order valence-corrected chi connectivity index (χ4v) is 3.22. The second-order valence-corrected chi connectivity index (χ2v) is 6.45. The van der Waals surface area contributed by atoms with Crippen LogP contribution in [0.4, 0.5) is 0 Å². The van der Waals surface area contributed by atoms with Crippen molar-refractivity contribution in [3.63, 3.8) is 0 Å². The molecule has 20 heavy (non-hydrogen) atoms. The van der Waals surface area contributed by atoms with Crippen molar-refractivity contribution in [3.05, 3.63) is 66.2 Å². The third kappa shape index (κ3) is 3.68. The molecule has 2 aromatic carbocycles. The Morgan fingerprint density at radius 1 is 0.950 bits per heavy atom. The average molecular weight is 289 g/mol. The first-order chi connectivity index (χ1) is 9.63. The van der Waals surface area contributed by atoms with Crippen LogP contribution in [-0.2, 0) is 10.0 Å². The summed E-state index contributed by atoms with van der Waals surface area (Å²) in [5.41, 5.74) is 1.16. The molecule has 1 unspecified atom stereocenters. The van der Waals surface area contributed by atoms with Crippen LogP contribution < -0.4 is 4.72 Å². The van der Waals surface area contributed by atoms with E-state index in [0.29, 0.717) is 11.4 Å². The van der Waals surface area contributed by atoms with E-state index in [-0.39, 0.29) is 5.92 Å². The maximum Gasteiger partial charge on any atom is 0.240 e. The standard InChI is InChI=1S/C16H19NO2S/c1-2-14(15-9-5-3-6-10-15)13-17-20(18,19)16-11-7-4-8-12-16/h3-12,14,17H,2,13H2,1H3. The molecule has 106 valence electrons. The highest BCUT2D eigenvalue weighted by Crippen LogP contribution is 2.19. The van der Waals surface area contributed by atoms with E-state index in [1.807, 2.05) is 30.3 Å². The summed E-state index contributed by atoms with van der Waals surface area (Å²) in [4.78, 5) is 0.308. The number of hydrogen-bond donors (Lipinski definition) is 1. The van der Waals surface area contributed by atoms with Gasteiger partial charge >= 0.3 is 0 Å². The quantitative estimate of drug-likeness (QED) is 0.888. The lowest BCUT2D eigenvalue weighted by Gasteiger charge is -2.16. The van der Waals surface area contributed by atoms with Gasteiger partial charge in [0.2, 0.25) is 10.0 Å². The molecule has 0 fully saturated rings. The van der Waals surface area contributed by atoms with E-state index in [1.54, 1.807) is 30.3 Å². The zero-order chi connectivity index (χ0) is 14.4. The molecule has 2 aromatic rings. The molecule has 0 saturated heterocycles. The highest BCUT2D eigenvalue weighted by molar-refractivity contribution is 7.89. The predicted octanol–water partition coefficient (Wildman–Crippen LogP) is 3.16. The maximum absolute atomic E-state index is 12.2. The molecule has 0 aliphatic carbocycles. The summed E-state index contributed by atoms with van der Waals surface area (Å²) in [6, 6.07) is 18.4. The van der Waals surface area contributed by atoms with Gasteiger partial charge in [-0.15, -0.1) is 0 Å². The maximum atomic E-state index is 12.2. The Labute approximate surface area is 120 Å². The number of hydrogen-bond acceptors (Lipinski definition) is 2. The van der Waals surface area contributed by atoms with Gasteiger partial charge in [-0.3, -0.25) is 0 Å². The van der Waals surface area contributed by atoms with Crippen molar-refractivity contribution in [2.75, 3.05) is 6.54 Å². The Hall–Kier alpha value is -1.65. The first kappa shape index (κ1) is 14.8. The molecule has 0 aliphatic rings. The van der Waals surface area contributed by atoms with E-state index < -0.39 is 10.0 Å². The number of rotatable bonds is 6. The third-order valence-corrected chi connectivity index (χ3v) is 4.78. The highest BCUT2D eigenvalue weighted by atomic mass is 32.2. The van der Waals surface area contributed by atoms with Crippen LogP contribution in [0, 0.1) is 0 Å². The van der Waals surface area contributed by atoms with Crippen molar-refractivity contribution in [1.29, 1.82) is 0 Å². The first-order valence-corrected chi connectivity index (χ1v) is 8.21. The lowest BCUT2D eigenvalue weighted by molar-refractivity contribution is 0.566. The molecule has 0 amide bonds. The molecule has 1 atom stereocenters. The molecule has 1 N–H and O–H groups in total. The molecule has 2 rings (SSSR count). The summed E-state index contributed by atoms with van der Waals surface area (Å²) in [5, 5.41) is 0. The highest BCUT2D eigenvalue weighted by Gasteiger charge is 2.16. The van der Waals surface area contributed by atoms with Gasteiger partial charge in [0.15, 0.2) is 0 Å². The zero-order valence-electron chi connectivity index (χ0n) is 11.5. The number of nitrogens with one attached hydrogen (secondary N) is 1. The van der Waals surface area contributed by atoms with E-state index in [1.165, 1.54) is 0 Å². The van der Waals surface area contributed by atoms with Gasteiger partial charge in [0.25, 0.3) is 0 Å². The van der Waals surface area contributed by atoms with E-state index in [2.05, 4.69) is 11.6 Å². The van der Waals surface area contributed by atoms with Gasteiger partial charge in [-0.1, -0.05) is 55.5 Å². The number of sulfonamides is 1. The minimum absolute atomic E-state index is 0.190. The smallest absolute Gasteiger partial charge is 0.211 e. The minimum atomic E-state index is -3.42. The van der Waals surface area contributed by atoms with Crippen molar-refractivity contribution in [3.8, 4) is 0 Å². The molecular formula is C16H19NO2S. The molecular weight excluding hydrogens is 270 g/mol. The lowest BCUT2D eigenvalue weighted by Crippen LogP contribution is -2.28. The van der Waals surface area contributed by atoms with Crippen molar-refractivity contribution in [2.24, 2.45) is 0 Å². The van der Waals surface area contributed by atoms with Crippen molar-refractivity contribution < 1.29 is 8.42 Å². The third-order valence-electron chi connectivity index (χ3n) is 3.34. The normalized spacial score (nSPS) is 13.1. The average Bonchev–Trinajstić information content (AvgIpc) is 2.50. The Bertz CT molecular complexity index is 624. The number of benzene rings is 2. The van der Waals surface area contributed by atoms with Crippen LogP contribution in [-0.4, -0.2) is 15.0 Å². The Kier molecular flexibility index (Phi) is 4.93. The van der Waals surface area contributed by atoms with Crippen LogP contribution in [0.3, 0.4) is 0 Å². The van der Waals surface area contributed by atoms with Gasteiger partial charge in [0, 0.05) is 6.54 Å². The molecule has 4 heteroatoms. The van der Waals surface area contributed by atoms with Gasteiger partial charge in [0.05, 0.1) is 4.90 Å². The molecule has 0 spiro atoms. The Balaban J connectivity index is 2.07. The van der Waals surface area contributed by atoms with Gasteiger partial charge < -0.3 is 0 Å². The summed E-state index contributed by atoms with van der Waals surface area (Å²) in [5.74, 6) is 0.190. The molecule has 0 bridgehead atoms. The molecule has 0 heterocycles. The van der Waals surface area contributed by atoms with Crippen LogP contribution in [0.5, 0.6) is 0 Å². The zero-order valence-corrected chi connectivity index (χ0v) is 12.3. The predicted molar refractivity (Wildman–Crippen MR) is 81.1 cm³/mol. The molecule has 3 nitrogen and oxygen atoms in total. The molecule has 0 radical (unpaired) electrons. The van der Waals surface area contributed by atoms with E-state index in [0.717, 1.165) is 12.0 Å². The topological polar surface area (TPSA) is 46.2 Å². The summed E-state index contributed by atoms with van der Waals surface area (Å²) in [7, 11) is -3.42.